The Hall–Kier alpha value is -2.49. The Labute approximate surface area is 200 Å². The first-order valence-electron chi connectivity index (χ1n) is 10.4. The normalized spacial score (nSPS) is 13.1. The number of hydrogen-bond acceptors (Lipinski definition) is 4. The number of guanidine groups is 1. The third-order valence-electron chi connectivity index (χ3n) is 5.08. The topological polar surface area (TPSA) is 63.4 Å². The number of nitrogens with one attached hydrogen (secondary N) is 1. The van der Waals surface area contributed by atoms with Crippen LogP contribution in [0.1, 0.15) is 23.7 Å². The number of ether oxygens (including phenoxy) is 2. The molecular formula is C23H30IN5O2. The van der Waals surface area contributed by atoms with Crippen LogP contribution in [0.3, 0.4) is 0 Å². The van der Waals surface area contributed by atoms with Gasteiger partial charge in [0.05, 0.1) is 5.69 Å². The Morgan fingerprint density at radius 2 is 2.03 bits per heavy atom. The number of halogens is 1. The average Bonchev–Trinajstić information content (AvgIpc) is 3.17. The molecule has 1 aliphatic rings. The van der Waals surface area contributed by atoms with E-state index in [1.165, 1.54) is 5.56 Å². The molecule has 4 rings (SSSR count). The van der Waals surface area contributed by atoms with Crippen LogP contribution < -0.4 is 14.8 Å². The van der Waals surface area contributed by atoms with Gasteiger partial charge in [-0.2, -0.15) is 0 Å². The highest BCUT2D eigenvalue weighted by Crippen LogP contribution is 2.31. The molecule has 3 aromatic rings. The zero-order valence-corrected chi connectivity index (χ0v) is 20.6. The molecule has 2 aromatic heterocycles. The third-order valence-corrected chi connectivity index (χ3v) is 5.08. The summed E-state index contributed by atoms with van der Waals surface area (Å²) in [5, 5.41) is 3.38. The molecule has 1 aliphatic heterocycles. The van der Waals surface area contributed by atoms with Gasteiger partial charge in [-0.15, -0.1) is 24.0 Å². The van der Waals surface area contributed by atoms with E-state index in [2.05, 4.69) is 46.8 Å². The first kappa shape index (κ1) is 23.2. The van der Waals surface area contributed by atoms with Gasteiger partial charge in [-0.05, 0) is 43.2 Å². The summed E-state index contributed by atoms with van der Waals surface area (Å²) in [5.74, 6) is 2.51. The van der Waals surface area contributed by atoms with Crippen LogP contribution in [-0.4, -0.2) is 53.6 Å². The number of nitrogens with zero attached hydrogens (tertiary/aromatic N) is 4. The molecule has 166 valence electrons. The van der Waals surface area contributed by atoms with Crippen LogP contribution in [0.4, 0.5) is 0 Å². The summed E-state index contributed by atoms with van der Waals surface area (Å²) in [6, 6.07) is 10.2. The lowest BCUT2D eigenvalue weighted by Crippen LogP contribution is -2.38. The predicted octanol–water partition coefficient (Wildman–Crippen LogP) is 3.67. The average molecular weight is 535 g/mol. The maximum absolute atomic E-state index is 5.70. The smallest absolute Gasteiger partial charge is 0.193 e. The van der Waals surface area contributed by atoms with Crippen molar-refractivity contribution in [3.05, 3.63) is 59.5 Å². The molecule has 0 fully saturated rings. The molecule has 0 aliphatic carbocycles. The van der Waals surface area contributed by atoms with Gasteiger partial charge in [0.15, 0.2) is 17.5 Å². The summed E-state index contributed by atoms with van der Waals surface area (Å²) >= 11 is 0. The third kappa shape index (κ3) is 5.61. The highest BCUT2D eigenvalue weighted by molar-refractivity contribution is 14.0. The van der Waals surface area contributed by atoms with E-state index >= 15 is 0 Å². The van der Waals surface area contributed by atoms with E-state index in [-0.39, 0.29) is 24.0 Å². The fourth-order valence-electron chi connectivity index (χ4n) is 3.61. The lowest BCUT2D eigenvalue weighted by Gasteiger charge is -2.23. The van der Waals surface area contributed by atoms with Gasteiger partial charge in [0.1, 0.15) is 18.9 Å². The van der Waals surface area contributed by atoms with Crippen molar-refractivity contribution in [1.82, 2.24) is 19.6 Å². The summed E-state index contributed by atoms with van der Waals surface area (Å²) in [6.45, 7) is 7.59. The molecule has 3 heterocycles. The predicted molar refractivity (Wildman–Crippen MR) is 134 cm³/mol. The zero-order valence-electron chi connectivity index (χ0n) is 18.3. The molecule has 0 spiro atoms. The SMILES string of the molecule is CCNC(=NCCc1cn2cccc(C)c2n1)N(C)Cc1ccc2c(c1)OCCO2.I. The second kappa shape index (κ2) is 10.7. The minimum Gasteiger partial charge on any atom is -0.486 e. The number of imidazole rings is 1. The van der Waals surface area contributed by atoms with Crippen LogP contribution in [0.2, 0.25) is 0 Å². The van der Waals surface area contributed by atoms with Gasteiger partial charge in [-0.25, -0.2) is 4.98 Å². The largest absolute Gasteiger partial charge is 0.486 e. The molecule has 0 bridgehead atoms. The molecular weight excluding hydrogens is 505 g/mol. The molecule has 0 saturated carbocycles. The van der Waals surface area contributed by atoms with E-state index in [1.54, 1.807) is 0 Å². The summed E-state index contributed by atoms with van der Waals surface area (Å²) < 4.78 is 13.4. The van der Waals surface area contributed by atoms with E-state index in [9.17, 15) is 0 Å². The Balaban J connectivity index is 0.00000272. The van der Waals surface area contributed by atoms with Crippen molar-refractivity contribution in [3.63, 3.8) is 0 Å². The number of hydrogen-bond donors (Lipinski definition) is 1. The van der Waals surface area contributed by atoms with Crippen molar-refractivity contribution in [2.45, 2.75) is 26.8 Å². The second-order valence-corrected chi connectivity index (χ2v) is 7.47. The molecule has 0 radical (unpaired) electrons. The van der Waals surface area contributed by atoms with Crippen molar-refractivity contribution in [1.29, 1.82) is 0 Å². The Bertz CT molecular complexity index is 1050. The molecule has 0 amide bonds. The van der Waals surface area contributed by atoms with E-state index in [0.717, 1.165) is 53.9 Å². The van der Waals surface area contributed by atoms with Crippen molar-refractivity contribution < 1.29 is 9.47 Å². The number of pyridine rings is 1. The summed E-state index contributed by atoms with van der Waals surface area (Å²) in [7, 11) is 2.05. The van der Waals surface area contributed by atoms with Crippen LogP contribution in [0.5, 0.6) is 11.5 Å². The molecule has 0 atom stereocenters. The van der Waals surface area contributed by atoms with Crippen LogP contribution >= 0.6 is 24.0 Å². The summed E-state index contributed by atoms with van der Waals surface area (Å²) in [6.07, 6.45) is 4.92. The number of aromatic nitrogens is 2. The van der Waals surface area contributed by atoms with Gasteiger partial charge < -0.3 is 24.1 Å². The number of fused-ring (bicyclic) bond motifs is 2. The standard InChI is InChI=1S/C23H29N5O2.HI/c1-4-24-23(25-10-9-19-16-28-11-5-6-17(2)22(28)26-19)27(3)15-18-7-8-20-21(14-18)30-13-12-29-20;/h5-8,11,14,16H,4,9-10,12-13,15H2,1-3H3,(H,24,25);1H. The molecule has 7 nitrogen and oxygen atoms in total. The van der Waals surface area contributed by atoms with Crippen LogP contribution in [0.25, 0.3) is 5.65 Å². The van der Waals surface area contributed by atoms with Gasteiger partial charge in [-0.3, -0.25) is 4.99 Å². The van der Waals surface area contributed by atoms with Crippen LogP contribution in [0, 0.1) is 6.92 Å². The summed E-state index contributed by atoms with van der Waals surface area (Å²) in [5.41, 5.74) is 4.40. The maximum Gasteiger partial charge on any atom is 0.193 e. The fourth-order valence-corrected chi connectivity index (χ4v) is 3.61. The van der Waals surface area contributed by atoms with Gasteiger partial charge in [0, 0.05) is 45.5 Å². The van der Waals surface area contributed by atoms with Crippen LogP contribution in [-0.2, 0) is 13.0 Å². The quantitative estimate of drug-likeness (QED) is 0.297. The number of aliphatic imine (C=N–C) groups is 1. The van der Waals surface area contributed by atoms with E-state index < -0.39 is 0 Å². The second-order valence-electron chi connectivity index (χ2n) is 7.47. The summed E-state index contributed by atoms with van der Waals surface area (Å²) in [4.78, 5) is 11.7. The first-order chi connectivity index (χ1) is 14.6. The number of benzene rings is 1. The molecule has 1 N–H and O–H groups in total. The Kier molecular flexibility index (Phi) is 8.00. The molecule has 8 heteroatoms. The first-order valence-corrected chi connectivity index (χ1v) is 10.4. The van der Waals surface area contributed by atoms with Gasteiger partial charge in [0.25, 0.3) is 0 Å². The fraction of sp³-hybridized carbons (Fsp3) is 0.391. The maximum atomic E-state index is 5.70. The Morgan fingerprint density at radius 1 is 1.23 bits per heavy atom. The molecule has 0 saturated heterocycles. The molecule has 1 aromatic carbocycles. The van der Waals surface area contributed by atoms with Crippen molar-refractivity contribution >= 4 is 35.6 Å². The molecule has 0 unspecified atom stereocenters. The van der Waals surface area contributed by atoms with E-state index in [4.69, 9.17) is 19.5 Å². The lowest BCUT2D eigenvalue weighted by molar-refractivity contribution is 0.171. The number of rotatable bonds is 6. The van der Waals surface area contributed by atoms with E-state index in [1.807, 2.05) is 31.4 Å². The van der Waals surface area contributed by atoms with Gasteiger partial charge in [0.2, 0.25) is 0 Å². The van der Waals surface area contributed by atoms with Crippen molar-refractivity contribution in [2.75, 3.05) is 33.4 Å². The highest BCUT2D eigenvalue weighted by atomic mass is 127. The highest BCUT2D eigenvalue weighted by Gasteiger charge is 2.13. The van der Waals surface area contributed by atoms with Gasteiger partial charge in [-0.1, -0.05) is 12.1 Å². The minimum atomic E-state index is 0. The van der Waals surface area contributed by atoms with Crippen LogP contribution in [0.15, 0.2) is 47.7 Å². The van der Waals surface area contributed by atoms with Gasteiger partial charge >= 0.3 is 0 Å². The van der Waals surface area contributed by atoms with Crippen molar-refractivity contribution in [2.24, 2.45) is 4.99 Å². The van der Waals surface area contributed by atoms with Crippen molar-refractivity contribution in [3.8, 4) is 11.5 Å². The van der Waals surface area contributed by atoms with E-state index in [0.29, 0.717) is 19.8 Å². The minimum absolute atomic E-state index is 0. The Morgan fingerprint density at radius 3 is 2.81 bits per heavy atom. The zero-order chi connectivity index (χ0) is 20.9. The lowest BCUT2D eigenvalue weighted by atomic mass is 10.2. The number of aryl methyl sites for hydroxylation is 1. The molecule has 31 heavy (non-hydrogen) atoms. The monoisotopic (exact) mass is 535 g/mol.